The van der Waals surface area contributed by atoms with Crippen molar-refractivity contribution >= 4 is 28.9 Å². The van der Waals surface area contributed by atoms with Gasteiger partial charge in [-0.2, -0.15) is 0 Å². The minimum atomic E-state index is -0.189. The molecule has 1 heterocycles. The van der Waals surface area contributed by atoms with Crippen LogP contribution in [0.5, 0.6) is 5.75 Å². The molecule has 132 valence electrons. The lowest BCUT2D eigenvalue weighted by Gasteiger charge is -2.35. The average Bonchev–Trinajstić information content (AvgIpc) is 2.63. The van der Waals surface area contributed by atoms with Crippen molar-refractivity contribution in [3.63, 3.8) is 0 Å². The summed E-state index contributed by atoms with van der Waals surface area (Å²) in [5.74, 6) is 0.363. The van der Waals surface area contributed by atoms with E-state index in [1.54, 1.807) is 25.3 Å². The number of ether oxygens (including phenoxy) is 1. The largest absolute Gasteiger partial charge is 0.495 e. The molecule has 1 aliphatic heterocycles. The van der Waals surface area contributed by atoms with E-state index < -0.39 is 0 Å². The second-order valence-corrected chi connectivity index (χ2v) is 6.52. The van der Waals surface area contributed by atoms with Gasteiger partial charge in [-0.1, -0.05) is 23.7 Å². The molecule has 0 aromatic heterocycles. The van der Waals surface area contributed by atoms with Crippen molar-refractivity contribution < 1.29 is 9.53 Å². The Kier molecular flexibility index (Phi) is 5.46. The number of para-hydroxylation sites is 2. The molecule has 1 N–H and O–H groups in total. The minimum Gasteiger partial charge on any atom is -0.495 e. The SMILES string of the molecule is COc1ccc(C(=O)Nc2ccccc2N2CCN(C)CC2)cc1Cl. The number of rotatable bonds is 4. The summed E-state index contributed by atoms with van der Waals surface area (Å²) in [6, 6.07) is 12.9. The molecule has 3 rings (SSSR count). The molecule has 1 aliphatic rings. The topological polar surface area (TPSA) is 44.8 Å². The Bertz CT molecular complexity index is 758. The molecule has 0 saturated carbocycles. The summed E-state index contributed by atoms with van der Waals surface area (Å²) >= 11 is 6.13. The second-order valence-electron chi connectivity index (χ2n) is 6.11. The highest BCUT2D eigenvalue weighted by Crippen LogP contribution is 2.28. The molecule has 6 heteroatoms. The van der Waals surface area contributed by atoms with E-state index in [1.165, 1.54) is 0 Å². The van der Waals surface area contributed by atoms with Crippen molar-refractivity contribution in [2.24, 2.45) is 0 Å². The van der Waals surface area contributed by atoms with Crippen LogP contribution in [0.15, 0.2) is 42.5 Å². The van der Waals surface area contributed by atoms with Crippen LogP contribution < -0.4 is 15.0 Å². The Morgan fingerprint density at radius 2 is 1.84 bits per heavy atom. The smallest absolute Gasteiger partial charge is 0.255 e. The highest BCUT2D eigenvalue weighted by molar-refractivity contribution is 6.32. The molecule has 0 radical (unpaired) electrons. The van der Waals surface area contributed by atoms with Crippen LogP contribution in [0.4, 0.5) is 11.4 Å². The maximum Gasteiger partial charge on any atom is 0.255 e. The van der Waals surface area contributed by atoms with Gasteiger partial charge in [-0.15, -0.1) is 0 Å². The zero-order valence-electron chi connectivity index (χ0n) is 14.5. The van der Waals surface area contributed by atoms with Gasteiger partial charge in [-0.3, -0.25) is 4.79 Å². The number of benzene rings is 2. The molecular weight excluding hydrogens is 338 g/mol. The van der Waals surface area contributed by atoms with Crippen LogP contribution in [0.25, 0.3) is 0 Å². The van der Waals surface area contributed by atoms with E-state index in [4.69, 9.17) is 16.3 Å². The lowest BCUT2D eigenvalue weighted by Crippen LogP contribution is -2.44. The second kappa shape index (κ2) is 7.76. The highest BCUT2D eigenvalue weighted by atomic mass is 35.5. The van der Waals surface area contributed by atoms with Crippen LogP contribution in [0, 0.1) is 0 Å². The molecule has 1 saturated heterocycles. The fraction of sp³-hybridized carbons (Fsp3) is 0.316. The molecule has 1 fully saturated rings. The van der Waals surface area contributed by atoms with E-state index in [0.29, 0.717) is 16.3 Å². The molecule has 0 spiro atoms. The maximum atomic E-state index is 12.6. The molecular formula is C19H22ClN3O2. The monoisotopic (exact) mass is 359 g/mol. The summed E-state index contributed by atoms with van der Waals surface area (Å²) in [6.45, 7) is 3.90. The first kappa shape index (κ1) is 17.6. The number of likely N-dealkylation sites (N-methyl/N-ethyl adjacent to an activating group) is 1. The predicted octanol–water partition coefficient (Wildman–Crippen LogP) is 3.35. The maximum absolute atomic E-state index is 12.6. The van der Waals surface area contributed by atoms with Gasteiger partial charge in [0.2, 0.25) is 0 Å². The van der Waals surface area contributed by atoms with Crippen molar-refractivity contribution in [3.05, 3.63) is 53.1 Å². The third kappa shape index (κ3) is 4.06. The number of nitrogens with zero attached hydrogens (tertiary/aromatic N) is 2. The van der Waals surface area contributed by atoms with Gasteiger partial charge in [-0.05, 0) is 37.4 Å². The van der Waals surface area contributed by atoms with Gasteiger partial charge in [0.05, 0.1) is 23.5 Å². The Hall–Kier alpha value is -2.24. The van der Waals surface area contributed by atoms with Crippen molar-refractivity contribution in [1.82, 2.24) is 4.90 Å². The normalized spacial score (nSPS) is 15.1. The first-order valence-corrected chi connectivity index (χ1v) is 8.63. The van der Waals surface area contributed by atoms with Gasteiger partial charge >= 0.3 is 0 Å². The summed E-state index contributed by atoms with van der Waals surface area (Å²) < 4.78 is 5.13. The number of carbonyl (C=O) groups excluding carboxylic acids is 1. The first-order chi connectivity index (χ1) is 12.1. The summed E-state index contributed by atoms with van der Waals surface area (Å²) in [4.78, 5) is 17.2. The van der Waals surface area contributed by atoms with E-state index in [9.17, 15) is 4.79 Å². The molecule has 0 bridgehead atoms. The van der Waals surface area contributed by atoms with Crippen LogP contribution in [0.1, 0.15) is 10.4 Å². The first-order valence-electron chi connectivity index (χ1n) is 8.26. The standard InChI is InChI=1S/C19H22ClN3O2/c1-22-9-11-23(12-10-22)17-6-4-3-5-16(17)21-19(24)14-7-8-18(25-2)15(20)13-14/h3-8,13H,9-12H2,1-2H3,(H,21,24). The number of anilines is 2. The number of halogens is 1. The van der Waals surface area contributed by atoms with Gasteiger partial charge in [0.15, 0.2) is 0 Å². The third-order valence-electron chi connectivity index (χ3n) is 4.41. The van der Waals surface area contributed by atoms with Crippen molar-refractivity contribution in [3.8, 4) is 5.75 Å². The van der Waals surface area contributed by atoms with Crippen LogP contribution >= 0.6 is 11.6 Å². The number of carbonyl (C=O) groups is 1. The van der Waals surface area contributed by atoms with Gasteiger partial charge < -0.3 is 19.9 Å². The number of hydrogen-bond acceptors (Lipinski definition) is 4. The van der Waals surface area contributed by atoms with E-state index >= 15 is 0 Å². The summed E-state index contributed by atoms with van der Waals surface area (Å²) in [6.07, 6.45) is 0. The minimum absolute atomic E-state index is 0.189. The van der Waals surface area contributed by atoms with Gasteiger partial charge in [-0.25, -0.2) is 0 Å². The lowest BCUT2D eigenvalue weighted by molar-refractivity contribution is 0.102. The molecule has 1 amide bonds. The zero-order valence-corrected chi connectivity index (χ0v) is 15.2. The Morgan fingerprint density at radius 3 is 2.52 bits per heavy atom. The van der Waals surface area contributed by atoms with Crippen LogP contribution in [-0.2, 0) is 0 Å². The highest BCUT2D eigenvalue weighted by Gasteiger charge is 2.18. The molecule has 0 aliphatic carbocycles. The molecule has 2 aromatic carbocycles. The van der Waals surface area contributed by atoms with Crippen LogP contribution in [0.3, 0.4) is 0 Å². The van der Waals surface area contributed by atoms with Gasteiger partial charge in [0, 0.05) is 31.7 Å². The van der Waals surface area contributed by atoms with Crippen molar-refractivity contribution in [2.75, 3.05) is 50.6 Å². The van der Waals surface area contributed by atoms with Crippen molar-refractivity contribution in [1.29, 1.82) is 0 Å². The quantitative estimate of drug-likeness (QED) is 0.909. The molecule has 0 atom stereocenters. The molecule has 5 nitrogen and oxygen atoms in total. The van der Waals surface area contributed by atoms with E-state index in [-0.39, 0.29) is 5.91 Å². The molecule has 25 heavy (non-hydrogen) atoms. The number of piperazine rings is 1. The summed E-state index contributed by atoms with van der Waals surface area (Å²) in [5.41, 5.74) is 2.35. The van der Waals surface area contributed by atoms with E-state index in [0.717, 1.165) is 37.6 Å². The Morgan fingerprint density at radius 1 is 1.12 bits per heavy atom. The van der Waals surface area contributed by atoms with Gasteiger partial charge in [0.1, 0.15) is 5.75 Å². The van der Waals surface area contributed by atoms with E-state index in [2.05, 4.69) is 22.2 Å². The fourth-order valence-corrected chi connectivity index (χ4v) is 3.16. The van der Waals surface area contributed by atoms with E-state index in [1.807, 2.05) is 24.3 Å². The molecule has 2 aromatic rings. The number of nitrogens with one attached hydrogen (secondary N) is 1. The molecule has 0 unspecified atom stereocenters. The Balaban J connectivity index is 1.79. The van der Waals surface area contributed by atoms with Crippen LogP contribution in [-0.4, -0.2) is 51.1 Å². The zero-order chi connectivity index (χ0) is 17.8. The fourth-order valence-electron chi connectivity index (χ4n) is 2.90. The summed E-state index contributed by atoms with van der Waals surface area (Å²) in [7, 11) is 3.67. The van der Waals surface area contributed by atoms with Gasteiger partial charge in [0.25, 0.3) is 5.91 Å². The van der Waals surface area contributed by atoms with Crippen LogP contribution in [0.2, 0.25) is 5.02 Å². The van der Waals surface area contributed by atoms with Crippen molar-refractivity contribution in [2.45, 2.75) is 0 Å². The number of hydrogen-bond donors (Lipinski definition) is 1. The number of amides is 1. The predicted molar refractivity (Wildman–Crippen MR) is 102 cm³/mol. The third-order valence-corrected chi connectivity index (χ3v) is 4.71. The Labute approximate surface area is 153 Å². The summed E-state index contributed by atoms with van der Waals surface area (Å²) in [5, 5.41) is 3.43. The average molecular weight is 360 g/mol. The lowest BCUT2D eigenvalue weighted by atomic mass is 10.1. The number of methoxy groups -OCH3 is 1.